The molecule has 1 aromatic heterocycles. The van der Waals surface area contributed by atoms with Crippen LogP contribution in [0.5, 0.6) is 0 Å². The van der Waals surface area contributed by atoms with Gasteiger partial charge >= 0.3 is 0 Å². The highest BCUT2D eigenvalue weighted by Gasteiger charge is 2.11. The van der Waals surface area contributed by atoms with Crippen LogP contribution in [0.1, 0.15) is 18.5 Å². The molecule has 0 spiro atoms. The summed E-state index contributed by atoms with van der Waals surface area (Å²) in [5, 5.41) is 0. The molecule has 64 valence electrons. The molecule has 1 fully saturated rings. The maximum absolute atomic E-state index is 4.28. The van der Waals surface area contributed by atoms with Gasteiger partial charge in [-0.15, -0.1) is 0 Å². The molecule has 1 saturated heterocycles. The van der Waals surface area contributed by atoms with Crippen LogP contribution in [0.15, 0.2) is 18.3 Å². The van der Waals surface area contributed by atoms with E-state index in [1.807, 2.05) is 13.1 Å². The highest BCUT2D eigenvalue weighted by molar-refractivity contribution is 5.45. The second kappa shape index (κ2) is 3.13. The minimum atomic E-state index is 1.10. The van der Waals surface area contributed by atoms with Gasteiger partial charge in [0.25, 0.3) is 0 Å². The van der Waals surface area contributed by atoms with E-state index in [1.165, 1.54) is 31.6 Å². The van der Waals surface area contributed by atoms with Crippen molar-refractivity contribution in [1.82, 2.24) is 4.98 Å². The van der Waals surface area contributed by atoms with Gasteiger partial charge in [-0.05, 0) is 31.9 Å². The summed E-state index contributed by atoms with van der Waals surface area (Å²) in [5.74, 6) is 0. The SMILES string of the molecule is Cc1ccc(N2CCCC2)cn1. The van der Waals surface area contributed by atoms with Gasteiger partial charge in [0.05, 0.1) is 11.9 Å². The fourth-order valence-corrected chi connectivity index (χ4v) is 1.62. The average Bonchev–Trinajstić information content (AvgIpc) is 2.58. The molecule has 0 N–H and O–H groups in total. The zero-order valence-corrected chi connectivity index (χ0v) is 7.45. The van der Waals surface area contributed by atoms with E-state index in [0.717, 1.165) is 5.69 Å². The van der Waals surface area contributed by atoms with Crippen molar-refractivity contribution in [1.29, 1.82) is 0 Å². The zero-order valence-electron chi connectivity index (χ0n) is 7.45. The summed E-state index contributed by atoms with van der Waals surface area (Å²) in [6.45, 7) is 4.42. The Balaban J connectivity index is 2.17. The van der Waals surface area contributed by atoms with Crippen LogP contribution < -0.4 is 4.90 Å². The van der Waals surface area contributed by atoms with Crippen LogP contribution in [0.4, 0.5) is 5.69 Å². The Morgan fingerprint density at radius 3 is 2.58 bits per heavy atom. The number of rotatable bonds is 1. The molecule has 2 heteroatoms. The van der Waals surface area contributed by atoms with Crippen molar-refractivity contribution in [2.24, 2.45) is 0 Å². The first-order valence-electron chi connectivity index (χ1n) is 4.54. The Labute approximate surface area is 73.2 Å². The van der Waals surface area contributed by atoms with Crippen LogP contribution >= 0.6 is 0 Å². The zero-order chi connectivity index (χ0) is 8.39. The number of hydrogen-bond donors (Lipinski definition) is 0. The summed E-state index contributed by atoms with van der Waals surface area (Å²) < 4.78 is 0. The molecule has 2 nitrogen and oxygen atoms in total. The van der Waals surface area contributed by atoms with E-state index in [4.69, 9.17) is 0 Å². The van der Waals surface area contributed by atoms with Crippen LogP contribution in [-0.4, -0.2) is 18.1 Å². The molecule has 2 heterocycles. The molecule has 0 aromatic carbocycles. The summed E-state index contributed by atoms with van der Waals surface area (Å²) in [4.78, 5) is 6.68. The Kier molecular flexibility index (Phi) is 1.98. The van der Waals surface area contributed by atoms with Crippen molar-refractivity contribution in [3.05, 3.63) is 24.0 Å². The van der Waals surface area contributed by atoms with Gasteiger partial charge in [-0.2, -0.15) is 0 Å². The molecule has 0 bridgehead atoms. The minimum Gasteiger partial charge on any atom is -0.370 e. The number of pyridine rings is 1. The number of aryl methyl sites for hydroxylation is 1. The molecule has 12 heavy (non-hydrogen) atoms. The third-order valence-electron chi connectivity index (χ3n) is 2.37. The monoisotopic (exact) mass is 162 g/mol. The number of anilines is 1. The van der Waals surface area contributed by atoms with Crippen molar-refractivity contribution in [2.45, 2.75) is 19.8 Å². The van der Waals surface area contributed by atoms with Crippen molar-refractivity contribution in [2.75, 3.05) is 18.0 Å². The lowest BCUT2D eigenvalue weighted by atomic mass is 10.3. The number of nitrogens with zero attached hydrogens (tertiary/aromatic N) is 2. The van der Waals surface area contributed by atoms with Crippen LogP contribution in [0, 0.1) is 6.92 Å². The molecule has 0 atom stereocenters. The van der Waals surface area contributed by atoms with Gasteiger partial charge in [0.2, 0.25) is 0 Å². The normalized spacial score (nSPS) is 16.9. The average molecular weight is 162 g/mol. The Hall–Kier alpha value is -1.05. The smallest absolute Gasteiger partial charge is 0.0552 e. The molecule has 0 saturated carbocycles. The van der Waals surface area contributed by atoms with Gasteiger partial charge in [0, 0.05) is 18.8 Å². The summed E-state index contributed by atoms with van der Waals surface area (Å²) in [7, 11) is 0. The summed E-state index contributed by atoms with van der Waals surface area (Å²) in [6.07, 6.45) is 4.63. The molecule has 0 radical (unpaired) electrons. The van der Waals surface area contributed by atoms with Crippen LogP contribution in [0.2, 0.25) is 0 Å². The molecule has 1 aliphatic heterocycles. The molecule has 0 amide bonds. The molecular formula is C10H14N2. The molecular weight excluding hydrogens is 148 g/mol. The second-order valence-electron chi connectivity index (χ2n) is 3.35. The highest BCUT2D eigenvalue weighted by atomic mass is 15.1. The first-order chi connectivity index (χ1) is 5.86. The lowest BCUT2D eigenvalue weighted by Crippen LogP contribution is -2.17. The lowest BCUT2D eigenvalue weighted by molar-refractivity contribution is 0.949. The van der Waals surface area contributed by atoms with Gasteiger partial charge in [-0.3, -0.25) is 4.98 Å². The summed E-state index contributed by atoms with van der Waals surface area (Å²) in [6, 6.07) is 4.24. The molecule has 0 unspecified atom stereocenters. The summed E-state index contributed by atoms with van der Waals surface area (Å²) in [5.41, 5.74) is 2.37. The van der Waals surface area contributed by atoms with Gasteiger partial charge in [-0.25, -0.2) is 0 Å². The first kappa shape index (κ1) is 7.59. The largest absolute Gasteiger partial charge is 0.370 e. The van der Waals surface area contributed by atoms with E-state index in [-0.39, 0.29) is 0 Å². The predicted octanol–water partition coefficient (Wildman–Crippen LogP) is 1.99. The van der Waals surface area contributed by atoms with E-state index in [1.54, 1.807) is 0 Å². The van der Waals surface area contributed by atoms with Crippen molar-refractivity contribution in [3.8, 4) is 0 Å². The van der Waals surface area contributed by atoms with Gasteiger partial charge < -0.3 is 4.90 Å². The molecule has 0 aliphatic carbocycles. The van der Waals surface area contributed by atoms with Gasteiger partial charge in [0.15, 0.2) is 0 Å². The van der Waals surface area contributed by atoms with E-state index in [2.05, 4.69) is 22.0 Å². The van der Waals surface area contributed by atoms with Crippen molar-refractivity contribution in [3.63, 3.8) is 0 Å². The lowest BCUT2D eigenvalue weighted by Gasteiger charge is -2.16. The van der Waals surface area contributed by atoms with Gasteiger partial charge in [0.1, 0.15) is 0 Å². The Bertz CT molecular complexity index is 247. The molecule has 2 rings (SSSR count). The molecule has 1 aliphatic rings. The Morgan fingerprint density at radius 1 is 1.25 bits per heavy atom. The van der Waals surface area contributed by atoms with E-state index < -0.39 is 0 Å². The van der Waals surface area contributed by atoms with Crippen molar-refractivity contribution < 1.29 is 0 Å². The van der Waals surface area contributed by atoms with Crippen LogP contribution in [0.3, 0.4) is 0 Å². The van der Waals surface area contributed by atoms with Crippen LogP contribution in [0.25, 0.3) is 0 Å². The predicted molar refractivity (Wildman–Crippen MR) is 50.4 cm³/mol. The Morgan fingerprint density at radius 2 is 2.00 bits per heavy atom. The molecule has 1 aromatic rings. The standard InChI is InChI=1S/C10H14N2/c1-9-4-5-10(8-11-9)12-6-2-3-7-12/h4-5,8H,2-3,6-7H2,1H3. The minimum absolute atomic E-state index is 1.10. The van der Waals surface area contributed by atoms with Crippen LogP contribution in [-0.2, 0) is 0 Å². The number of aromatic nitrogens is 1. The third-order valence-corrected chi connectivity index (χ3v) is 2.37. The van der Waals surface area contributed by atoms with Gasteiger partial charge in [-0.1, -0.05) is 0 Å². The highest BCUT2D eigenvalue weighted by Crippen LogP contribution is 2.18. The maximum atomic E-state index is 4.28. The quantitative estimate of drug-likeness (QED) is 0.627. The number of hydrogen-bond acceptors (Lipinski definition) is 2. The fourth-order valence-electron chi connectivity index (χ4n) is 1.62. The van der Waals surface area contributed by atoms with Crippen molar-refractivity contribution >= 4 is 5.69 Å². The van der Waals surface area contributed by atoms with E-state index in [9.17, 15) is 0 Å². The topological polar surface area (TPSA) is 16.1 Å². The maximum Gasteiger partial charge on any atom is 0.0552 e. The van der Waals surface area contributed by atoms with E-state index >= 15 is 0 Å². The second-order valence-corrected chi connectivity index (χ2v) is 3.35. The third kappa shape index (κ3) is 1.42. The first-order valence-corrected chi connectivity index (χ1v) is 4.54. The van der Waals surface area contributed by atoms with E-state index in [0.29, 0.717) is 0 Å². The summed E-state index contributed by atoms with van der Waals surface area (Å²) >= 11 is 0. The fraction of sp³-hybridized carbons (Fsp3) is 0.500.